The van der Waals surface area contributed by atoms with Crippen LogP contribution in [-0.4, -0.2) is 40.6 Å². The summed E-state index contributed by atoms with van der Waals surface area (Å²) in [6.07, 6.45) is 3.66. The Morgan fingerprint density at radius 1 is 1.59 bits per heavy atom. The molecule has 0 aromatic heterocycles. The molecule has 0 aromatic rings. The van der Waals surface area contributed by atoms with E-state index in [0.717, 1.165) is 25.8 Å². The van der Waals surface area contributed by atoms with Gasteiger partial charge in [-0.3, -0.25) is 9.69 Å². The molecule has 2 unspecified atom stereocenters. The Bertz CT molecular complexity index is 268. The van der Waals surface area contributed by atoms with E-state index in [-0.39, 0.29) is 6.04 Å². The second kappa shape index (κ2) is 5.83. The Kier molecular flexibility index (Phi) is 4.95. The van der Waals surface area contributed by atoms with E-state index in [2.05, 4.69) is 18.7 Å². The molecule has 1 rings (SSSR count). The third kappa shape index (κ3) is 3.68. The molecule has 0 aliphatic carbocycles. The summed E-state index contributed by atoms with van der Waals surface area (Å²) >= 11 is 0. The van der Waals surface area contributed by atoms with Crippen LogP contribution in [0.15, 0.2) is 0 Å². The van der Waals surface area contributed by atoms with Gasteiger partial charge in [-0.05, 0) is 45.1 Å². The molecule has 4 heteroatoms. The monoisotopic (exact) mass is 242 g/mol. The molecule has 0 spiro atoms. The highest BCUT2D eigenvalue weighted by atomic mass is 16.4. The Morgan fingerprint density at radius 3 is 2.71 bits per heavy atom. The van der Waals surface area contributed by atoms with Gasteiger partial charge in [-0.1, -0.05) is 13.8 Å². The minimum atomic E-state index is -0.748. The second-order valence-corrected chi connectivity index (χ2v) is 5.86. The SMILES string of the molecule is CC(C)CCC(C)(C(=O)O)N1CCCC(N)C1. The molecular weight excluding hydrogens is 216 g/mol. The fourth-order valence-corrected chi connectivity index (χ4v) is 2.43. The number of nitrogens with two attached hydrogens (primary N) is 1. The number of piperidine rings is 1. The molecule has 1 saturated heterocycles. The van der Waals surface area contributed by atoms with E-state index in [0.29, 0.717) is 18.9 Å². The molecule has 1 fully saturated rings. The summed E-state index contributed by atoms with van der Waals surface area (Å²) in [6.45, 7) is 7.67. The van der Waals surface area contributed by atoms with Crippen LogP contribution in [0.5, 0.6) is 0 Å². The molecule has 0 radical (unpaired) electrons. The molecule has 1 heterocycles. The first-order valence-electron chi connectivity index (χ1n) is 6.60. The van der Waals surface area contributed by atoms with Crippen molar-refractivity contribution in [2.24, 2.45) is 11.7 Å². The number of hydrogen-bond acceptors (Lipinski definition) is 3. The third-order valence-corrected chi connectivity index (χ3v) is 3.83. The summed E-state index contributed by atoms with van der Waals surface area (Å²) in [6, 6.07) is 0.126. The van der Waals surface area contributed by atoms with Gasteiger partial charge in [0.1, 0.15) is 5.54 Å². The van der Waals surface area contributed by atoms with E-state index in [9.17, 15) is 9.90 Å². The molecule has 17 heavy (non-hydrogen) atoms. The fourth-order valence-electron chi connectivity index (χ4n) is 2.43. The maximum Gasteiger partial charge on any atom is 0.323 e. The van der Waals surface area contributed by atoms with Gasteiger partial charge in [0.05, 0.1) is 0 Å². The van der Waals surface area contributed by atoms with E-state index < -0.39 is 11.5 Å². The number of aliphatic carboxylic acids is 1. The van der Waals surface area contributed by atoms with Crippen molar-refractivity contribution < 1.29 is 9.90 Å². The molecule has 2 atom stereocenters. The Hall–Kier alpha value is -0.610. The normalized spacial score (nSPS) is 25.8. The standard InChI is InChI=1S/C13H26N2O2/c1-10(2)6-7-13(3,12(16)17)15-8-4-5-11(14)9-15/h10-11H,4-9,14H2,1-3H3,(H,16,17). The molecule has 0 saturated carbocycles. The smallest absolute Gasteiger partial charge is 0.323 e. The minimum Gasteiger partial charge on any atom is -0.480 e. The van der Waals surface area contributed by atoms with E-state index in [1.807, 2.05) is 6.92 Å². The topological polar surface area (TPSA) is 66.6 Å². The van der Waals surface area contributed by atoms with Crippen LogP contribution in [0, 0.1) is 5.92 Å². The van der Waals surface area contributed by atoms with Gasteiger partial charge >= 0.3 is 5.97 Å². The van der Waals surface area contributed by atoms with Crippen LogP contribution in [0.3, 0.4) is 0 Å². The highest BCUT2D eigenvalue weighted by molar-refractivity contribution is 5.78. The average molecular weight is 242 g/mol. The van der Waals surface area contributed by atoms with Gasteiger partial charge in [-0.2, -0.15) is 0 Å². The zero-order valence-corrected chi connectivity index (χ0v) is 11.3. The minimum absolute atomic E-state index is 0.126. The van der Waals surface area contributed by atoms with Gasteiger partial charge in [0, 0.05) is 12.6 Å². The zero-order valence-electron chi connectivity index (χ0n) is 11.3. The molecule has 0 aromatic carbocycles. The number of carboxylic acid groups (broad SMARTS) is 1. The predicted molar refractivity (Wildman–Crippen MR) is 68.9 cm³/mol. The van der Waals surface area contributed by atoms with Crippen LogP contribution in [0.1, 0.15) is 46.5 Å². The molecule has 1 aliphatic rings. The van der Waals surface area contributed by atoms with Crippen LogP contribution in [0.25, 0.3) is 0 Å². The Labute approximate surface area is 104 Å². The lowest BCUT2D eigenvalue weighted by atomic mass is 9.88. The van der Waals surface area contributed by atoms with E-state index in [1.165, 1.54) is 0 Å². The van der Waals surface area contributed by atoms with E-state index >= 15 is 0 Å². The summed E-state index contributed by atoms with van der Waals surface area (Å²) in [4.78, 5) is 13.6. The fraction of sp³-hybridized carbons (Fsp3) is 0.923. The lowest BCUT2D eigenvalue weighted by molar-refractivity contribution is -0.152. The van der Waals surface area contributed by atoms with Crippen molar-refractivity contribution in [2.75, 3.05) is 13.1 Å². The number of carboxylic acids is 1. The van der Waals surface area contributed by atoms with Gasteiger partial charge in [0.2, 0.25) is 0 Å². The molecule has 0 amide bonds. The first-order valence-corrected chi connectivity index (χ1v) is 6.60. The van der Waals surface area contributed by atoms with Crippen molar-refractivity contribution in [1.82, 2.24) is 4.90 Å². The summed E-state index contributed by atoms with van der Waals surface area (Å²) < 4.78 is 0. The molecule has 1 aliphatic heterocycles. The van der Waals surface area contributed by atoms with Crippen LogP contribution in [-0.2, 0) is 4.79 Å². The number of nitrogens with zero attached hydrogens (tertiary/aromatic N) is 1. The van der Waals surface area contributed by atoms with Gasteiger partial charge < -0.3 is 10.8 Å². The molecule has 100 valence electrons. The number of rotatable bonds is 5. The molecule has 3 N–H and O–H groups in total. The summed E-state index contributed by atoms with van der Waals surface area (Å²) in [5.74, 6) is -0.181. The molecule has 0 bridgehead atoms. The summed E-state index contributed by atoms with van der Waals surface area (Å²) in [5.41, 5.74) is 5.20. The van der Waals surface area contributed by atoms with Gasteiger partial charge in [-0.15, -0.1) is 0 Å². The van der Waals surface area contributed by atoms with Crippen molar-refractivity contribution >= 4 is 5.97 Å². The summed E-state index contributed by atoms with van der Waals surface area (Å²) in [5, 5.41) is 9.50. The number of likely N-dealkylation sites (tertiary alicyclic amines) is 1. The van der Waals surface area contributed by atoms with Crippen molar-refractivity contribution in [3.05, 3.63) is 0 Å². The largest absolute Gasteiger partial charge is 0.480 e. The van der Waals surface area contributed by atoms with E-state index in [1.54, 1.807) is 0 Å². The predicted octanol–water partition coefficient (Wildman–Crippen LogP) is 1.69. The molecular formula is C13H26N2O2. The first kappa shape index (κ1) is 14.5. The van der Waals surface area contributed by atoms with Gasteiger partial charge in [-0.25, -0.2) is 0 Å². The Morgan fingerprint density at radius 2 is 2.24 bits per heavy atom. The number of hydrogen-bond donors (Lipinski definition) is 2. The lowest BCUT2D eigenvalue weighted by Crippen LogP contribution is -2.58. The highest BCUT2D eigenvalue weighted by Crippen LogP contribution is 2.27. The highest BCUT2D eigenvalue weighted by Gasteiger charge is 2.40. The maximum absolute atomic E-state index is 11.6. The Balaban J connectivity index is 2.72. The van der Waals surface area contributed by atoms with Crippen LogP contribution in [0.4, 0.5) is 0 Å². The van der Waals surface area contributed by atoms with Gasteiger partial charge in [0.25, 0.3) is 0 Å². The molecule has 4 nitrogen and oxygen atoms in total. The third-order valence-electron chi connectivity index (χ3n) is 3.83. The lowest BCUT2D eigenvalue weighted by Gasteiger charge is -2.42. The number of carbonyl (C=O) groups is 1. The van der Waals surface area contributed by atoms with Crippen molar-refractivity contribution in [3.63, 3.8) is 0 Å². The van der Waals surface area contributed by atoms with Crippen LogP contribution >= 0.6 is 0 Å². The van der Waals surface area contributed by atoms with E-state index in [4.69, 9.17) is 5.73 Å². The second-order valence-electron chi connectivity index (χ2n) is 5.86. The van der Waals surface area contributed by atoms with Crippen LogP contribution in [0.2, 0.25) is 0 Å². The van der Waals surface area contributed by atoms with Crippen molar-refractivity contribution in [3.8, 4) is 0 Å². The van der Waals surface area contributed by atoms with Crippen molar-refractivity contribution in [2.45, 2.75) is 58.0 Å². The maximum atomic E-state index is 11.6. The zero-order chi connectivity index (χ0) is 13.1. The van der Waals surface area contributed by atoms with Crippen LogP contribution < -0.4 is 5.73 Å². The average Bonchev–Trinajstić information content (AvgIpc) is 2.25. The van der Waals surface area contributed by atoms with Crippen molar-refractivity contribution in [1.29, 1.82) is 0 Å². The quantitative estimate of drug-likeness (QED) is 0.770. The first-order chi connectivity index (χ1) is 7.86. The summed E-state index contributed by atoms with van der Waals surface area (Å²) in [7, 11) is 0. The van der Waals surface area contributed by atoms with Gasteiger partial charge in [0.15, 0.2) is 0 Å².